The van der Waals surface area contributed by atoms with Crippen LogP contribution in [0.3, 0.4) is 0 Å². The molecule has 0 unspecified atom stereocenters. The molecule has 2 aromatic heterocycles. The Morgan fingerprint density at radius 3 is 2.69 bits per heavy atom. The maximum atomic E-state index is 13.3. The summed E-state index contributed by atoms with van der Waals surface area (Å²) < 4.78 is 40.0. The van der Waals surface area contributed by atoms with Crippen LogP contribution in [0.1, 0.15) is 46.9 Å². The number of piperidine rings is 1. The quantitative estimate of drug-likeness (QED) is 0.285. The number of aromatic nitrogens is 2. The molecule has 3 N–H and O–H groups in total. The van der Waals surface area contributed by atoms with Crippen LogP contribution in [0, 0.1) is 0 Å². The minimum atomic E-state index is -4.69. The fourth-order valence-electron chi connectivity index (χ4n) is 4.75. The number of aromatic amines is 1. The first kappa shape index (κ1) is 24.3. The second-order valence-electron chi connectivity index (χ2n) is 8.93. The van der Waals surface area contributed by atoms with E-state index in [4.69, 9.17) is 11.6 Å². The highest BCUT2D eigenvalue weighted by Crippen LogP contribution is 2.36. The van der Waals surface area contributed by atoms with Crippen molar-refractivity contribution >= 4 is 28.4 Å². The van der Waals surface area contributed by atoms with E-state index in [1.54, 1.807) is 0 Å². The highest BCUT2D eigenvalue weighted by atomic mass is 35.5. The molecule has 1 saturated heterocycles. The lowest BCUT2D eigenvalue weighted by molar-refractivity contribution is -0.137. The van der Waals surface area contributed by atoms with Crippen LogP contribution in [0.15, 0.2) is 67.0 Å². The summed E-state index contributed by atoms with van der Waals surface area (Å²) >= 11 is 5.99. The van der Waals surface area contributed by atoms with Gasteiger partial charge in [0.05, 0.1) is 16.6 Å². The van der Waals surface area contributed by atoms with Gasteiger partial charge in [-0.05, 0) is 71.8 Å². The third-order valence-electron chi connectivity index (χ3n) is 6.58. The molecule has 2 atom stereocenters. The molecular formula is C27H24ClF3N4O. The van der Waals surface area contributed by atoms with Crippen molar-refractivity contribution in [3.63, 3.8) is 0 Å². The smallest absolute Gasteiger partial charge is 0.361 e. The van der Waals surface area contributed by atoms with Gasteiger partial charge in [0.25, 0.3) is 5.91 Å². The number of rotatable bonds is 5. The molecule has 0 bridgehead atoms. The fraction of sp³-hybridized carbons (Fsp3) is 0.259. The Morgan fingerprint density at radius 2 is 1.92 bits per heavy atom. The number of carbonyl (C=O) groups excluding carboxylic acids is 1. The Hall–Kier alpha value is -3.36. The molecule has 0 spiro atoms. The normalized spacial score (nSPS) is 17.2. The van der Waals surface area contributed by atoms with Gasteiger partial charge in [-0.15, -0.1) is 0 Å². The van der Waals surface area contributed by atoms with Gasteiger partial charge in [0.15, 0.2) is 0 Å². The Morgan fingerprint density at radius 1 is 1.08 bits per heavy atom. The minimum absolute atomic E-state index is 0.0883. The molecule has 1 aliphatic rings. The molecule has 0 saturated carbocycles. The van der Waals surface area contributed by atoms with Gasteiger partial charge in [0, 0.05) is 24.0 Å². The van der Waals surface area contributed by atoms with E-state index in [2.05, 4.69) is 26.7 Å². The number of H-pyrrole nitrogens is 1. The van der Waals surface area contributed by atoms with Crippen molar-refractivity contribution in [1.82, 2.24) is 20.6 Å². The van der Waals surface area contributed by atoms with Gasteiger partial charge >= 0.3 is 6.18 Å². The van der Waals surface area contributed by atoms with Gasteiger partial charge in [-0.3, -0.25) is 4.79 Å². The molecule has 0 radical (unpaired) electrons. The maximum absolute atomic E-state index is 13.3. The standard InChI is InChI=1S/C27H24ClF3N4O/c28-23-20(27(29,30)31)10-13-34-25(23)26(36)35-24(22-6-1-2-11-32-22)19-5-3-4-16(15-19)17-7-8-21-18(14-17)9-12-33-21/h3-5,7-10,12-15,22,24,32-33H,1-2,6,11H2,(H,35,36)/t22-,24-/m0/s1. The minimum Gasteiger partial charge on any atom is -0.361 e. The number of carbonyl (C=O) groups is 1. The van der Waals surface area contributed by atoms with E-state index >= 15 is 0 Å². The highest BCUT2D eigenvalue weighted by molar-refractivity contribution is 6.34. The first-order chi connectivity index (χ1) is 17.3. The monoisotopic (exact) mass is 512 g/mol. The third kappa shape index (κ3) is 4.96. The van der Waals surface area contributed by atoms with E-state index in [1.807, 2.05) is 48.7 Å². The predicted molar refractivity (Wildman–Crippen MR) is 134 cm³/mol. The number of nitrogens with one attached hydrogen (secondary N) is 3. The Balaban J connectivity index is 1.49. The molecule has 2 aromatic carbocycles. The molecule has 5 rings (SSSR count). The molecule has 1 aliphatic heterocycles. The van der Waals surface area contributed by atoms with Gasteiger partial charge in [0.2, 0.25) is 0 Å². The zero-order valence-electron chi connectivity index (χ0n) is 19.2. The molecule has 1 amide bonds. The molecule has 3 heterocycles. The summed E-state index contributed by atoms with van der Waals surface area (Å²) in [6.07, 6.45) is 0.973. The van der Waals surface area contributed by atoms with E-state index in [9.17, 15) is 18.0 Å². The number of halogens is 4. The third-order valence-corrected chi connectivity index (χ3v) is 6.96. The second-order valence-corrected chi connectivity index (χ2v) is 9.31. The topological polar surface area (TPSA) is 69.8 Å². The van der Waals surface area contributed by atoms with Crippen LogP contribution >= 0.6 is 11.6 Å². The van der Waals surface area contributed by atoms with Crippen LogP contribution in [0.2, 0.25) is 5.02 Å². The molecule has 4 aromatic rings. The average molecular weight is 513 g/mol. The van der Waals surface area contributed by atoms with E-state index in [0.29, 0.717) is 0 Å². The summed E-state index contributed by atoms with van der Waals surface area (Å²) in [6.45, 7) is 0.795. The van der Waals surface area contributed by atoms with E-state index < -0.39 is 34.4 Å². The molecule has 0 aliphatic carbocycles. The van der Waals surface area contributed by atoms with Crippen LogP contribution in [-0.4, -0.2) is 28.5 Å². The van der Waals surface area contributed by atoms with Crippen molar-refractivity contribution in [2.45, 2.75) is 37.5 Å². The summed E-state index contributed by atoms with van der Waals surface area (Å²) in [5.41, 5.74) is 2.35. The Bertz CT molecular complexity index is 1400. The number of pyridine rings is 1. The zero-order valence-corrected chi connectivity index (χ0v) is 20.0. The summed E-state index contributed by atoms with van der Waals surface area (Å²) in [6, 6.07) is 16.2. The van der Waals surface area contributed by atoms with E-state index in [-0.39, 0.29) is 6.04 Å². The van der Waals surface area contributed by atoms with Crippen molar-refractivity contribution in [3.05, 3.63) is 88.8 Å². The van der Waals surface area contributed by atoms with Crippen molar-refractivity contribution in [2.75, 3.05) is 6.54 Å². The first-order valence-electron chi connectivity index (χ1n) is 11.7. The summed E-state index contributed by atoms with van der Waals surface area (Å²) in [4.78, 5) is 20.2. The lowest BCUT2D eigenvalue weighted by Gasteiger charge is -2.32. The lowest BCUT2D eigenvalue weighted by atomic mass is 9.90. The molecule has 5 nitrogen and oxygen atoms in total. The average Bonchev–Trinajstić information content (AvgIpc) is 3.35. The van der Waals surface area contributed by atoms with Gasteiger partial charge in [-0.25, -0.2) is 4.98 Å². The summed E-state index contributed by atoms with van der Waals surface area (Å²) in [5.74, 6) is -0.748. The van der Waals surface area contributed by atoms with Gasteiger partial charge in [-0.1, -0.05) is 42.3 Å². The predicted octanol–water partition coefficient (Wildman–Crippen LogP) is 6.52. The van der Waals surface area contributed by atoms with Crippen molar-refractivity contribution in [1.29, 1.82) is 0 Å². The molecule has 186 valence electrons. The number of fused-ring (bicyclic) bond motifs is 1. The molecule has 9 heteroatoms. The van der Waals surface area contributed by atoms with Gasteiger partial charge < -0.3 is 15.6 Å². The Kier molecular flexibility index (Phi) is 6.73. The number of benzene rings is 2. The van der Waals surface area contributed by atoms with E-state index in [0.717, 1.165) is 65.7 Å². The molecule has 1 fully saturated rings. The van der Waals surface area contributed by atoms with Crippen molar-refractivity contribution in [3.8, 4) is 11.1 Å². The number of hydrogen-bond donors (Lipinski definition) is 3. The van der Waals surface area contributed by atoms with Crippen LogP contribution < -0.4 is 10.6 Å². The zero-order chi connectivity index (χ0) is 25.3. The Labute approximate surface area is 211 Å². The summed E-state index contributed by atoms with van der Waals surface area (Å²) in [7, 11) is 0. The van der Waals surface area contributed by atoms with Crippen LogP contribution in [0.25, 0.3) is 22.0 Å². The van der Waals surface area contributed by atoms with E-state index in [1.165, 1.54) is 0 Å². The van der Waals surface area contributed by atoms with Gasteiger partial charge in [0.1, 0.15) is 5.69 Å². The number of nitrogens with zero attached hydrogens (tertiary/aromatic N) is 1. The van der Waals surface area contributed by atoms with Crippen LogP contribution in [-0.2, 0) is 6.18 Å². The fourth-order valence-corrected chi connectivity index (χ4v) is 5.06. The first-order valence-corrected chi connectivity index (χ1v) is 12.1. The largest absolute Gasteiger partial charge is 0.417 e. The van der Waals surface area contributed by atoms with Crippen molar-refractivity contribution in [2.24, 2.45) is 0 Å². The van der Waals surface area contributed by atoms with Crippen molar-refractivity contribution < 1.29 is 18.0 Å². The van der Waals surface area contributed by atoms with Crippen LogP contribution in [0.5, 0.6) is 0 Å². The number of hydrogen-bond acceptors (Lipinski definition) is 3. The summed E-state index contributed by atoms with van der Waals surface area (Å²) in [5, 5.41) is 6.76. The van der Waals surface area contributed by atoms with Crippen LogP contribution in [0.4, 0.5) is 13.2 Å². The SMILES string of the molecule is O=C(N[C@@H](c1cccc(-c2ccc3[nH]ccc3c2)c1)[C@@H]1CCCCN1)c1nccc(C(F)(F)F)c1Cl. The maximum Gasteiger partial charge on any atom is 0.417 e. The highest BCUT2D eigenvalue weighted by Gasteiger charge is 2.36. The number of amides is 1. The number of alkyl halides is 3. The second kappa shape index (κ2) is 9.95. The lowest BCUT2D eigenvalue weighted by Crippen LogP contribution is -2.46. The van der Waals surface area contributed by atoms with Gasteiger partial charge in [-0.2, -0.15) is 13.2 Å². The molecule has 36 heavy (non-hydrogen) atoms. The molecular weight excluding hydrogens is 489 g/mol.